The zero-order valence-corrected chi connectivity index (χ0v) is 15.4. The maximum absolute atomic E-state index is 12.6. The predicted molar refractivity (Wildman–Crippen MR) is 99.7 cm³/mol. The van der Waals surface area contributed by atoms with Gasteiger partial charge < -0.3 is 9.80 Å². The largest absolute Gasteiger partial charge is 0.352 e. The Bertz CT molecular complexity index is 931. The second-order valence-corrected chi connectivity index (χ2v) is 6.88. The van der Waals surface area contributed by atoms with E-state index in [2.05, 4.69) is 20.2 Å². The topological polar surface area (TPSA) is 66.6 Å². The van der Waals surface area contributed by atoms with Gasteiger partial charge in [-0.1, -0.05) is 29.3 Å². The van der Waals surface area contributed by atoms with Crippen molar-refractivity contribution in [2.75, 3.05) is 31.1 Å². The van der Waals surface area contributed by atoms with E-state index < -0.39 is 0 Å². The summed E-state index contributed by atoms with van der Waals surface area (Å²) in [5, 5.41) is 13.3. The van der Waals surface area contributed by atoms with Gasteiger partial charge in [0.1, 0.15) is 12.1 Å². The van der Waals surface area contributed by atoms with Crippen molar-refractivity contribution in [3.05, 3.63) is 52.3 Å². The third kappa shape index (κ3) is 3.32. The first-order valence-electron chi connectivity index (χ1n) is 8.24. The molecule has 1 aliphatic heterocycles. The number of halogens is 2. The molecule has 0 spiro atoms. The van der Waals surface area contributed by atoms with E-state index in [9.17, 15) is 4.79 Å². The molecule has 0 aliphatic carbocycles. The lowest BCUT2D eigenvalue weighted by Gasteiger charge is -2.35. The minimum atomic E-state index is 0.0295. The van der Waals surface area contributed by atoms with Crippen molar-refractivity contribution in [2.24, 2.45) is 0 Å². The van der Waals surface area contributed by atoms with Gasteiger partial charge in [-0.05, 0) is 29.8 Å². The summed E-state index contributed by atoms with van der Waals surface area (Å²) in [5.74, 6) is 0.875. The first kappa shape index (κ1) is 17.1. The number of carbonyl (C=O) groups excluding carboxylic acids is 1. The maximum atomic E-state index is 12.6. The average Bonchev–Trinajstić information content (AvgIpc) is 3.12. The Kier molecular flexibility index (Phi) is 4.65. The second-order valence-electron chi connectivity index (χ2n) is 6.07. The van der Waals surface area contributed by atoms with Gasteiger partial charge in [0.05, 0.1) is 6.42 Å². The number of fused-ring (bicyclic) bond motifs is 1. The lowest BCUT2D eigenvalue weighted by molar-refractivity contribution is -0.130. The molecule has 0 radical (unpaired) electrons. The van der Waals surface area contributed by atoms with Crippen LogP contribution < -0.4 is 4.90 Å². The molecule has 7 nitrogen and oxygen atoms in total. The van der Waals surface area contributed by atoms with Crippen LogP contribution in [0.2, 0.25) is 10.0 Å². The summed E-state index contributed by atoms with van der Waals surface area (Å²) in [6.07, 6.45) is 1.79. The van der Waals surface area contributed by atoms with Gasteiger partial charge in [-0.3, -0.25) is 4.79 Å². The summed E-state index contributed by atoms with van der Waals surface area (Å²) in [4.78, 5) is 16.6. The molecule has 1 aliphatic rings. The Morgan fingerprint density at radius 1 is 1.04 bits per heavy atom. The number of anilines is 1. The summed E-state index contributed by atoms with van der Waals surface area (Å²) < 4.78 is 1.65. The van der Waals surface area contributed by atoms with Gasteiger partial charge in [0.15, 0.2) is 5.65 Å². The fraction of sp³-hybridized carbons (Fsp3) is 0.294. The average molecular weight is 391 g/mol. The van der Waals surface area contributed by atoms with Crippen LogP contribution in [0.5, 0.6) is 0 Å². The molecule has 134 valence electrons. The molecule has 1 saturated heterocycles. The SMILES string of the molecule is O=C(Cc1c(Cl)cccc1Cl)N1CCN(c2ccc3nncn3n2)CC1. The fourth-order valence-corrected chi connectivity index (χ4v) is 3.57. The minimum absolute atomic E-state index is 0.0295. The zero-order valence-electron chi connectivity index (χ0n) is 13.8. The molecular formula is C17H16Cl2N6O. The molecule has 2 aromatic heterocycles. The minimum Gasteiger partial charge on any atom is -0.352 e. The molecule has 0 unspecified atom stereocenters. The van der Waals surface area contributed by atoms with E-state index in [4.69, 9.17) is 23.2 Å². The molecule has 26 heavy (non-hydrogen) atoms. The van der Waals surface area contributed by atoms with Crippen LogP contribution in [-0.4, -0.2) is 56.8 Å². The number of carbonyl (C=O) groups is 1. The Labute approximate surface area is 160 Å². The smallest absolute Gasteiger partial charge is 0.227 e. The van der Waals surface area contributed by atoms with Crippen LogP contribution in [0, 0.1) is 0 Å². The van der Waals surface area contributed by atoms with E-state index in [1.165, 1.54) is 0 Å². The molecule has 1 fully saturated rings. The second kappa shape index (κ2) is 7.09. The summed E-state index contributed by atoms with van der Waals surface area (Å²) in [5.41, 5.74) is 1.39. The van der Waals surface area contributed by atoms with Crippen LogP contribution >= 0.6 is 23.2 Å². The number of rotatable bonds is 3. The Hall–Kier alpha value is -2.38. The van der Waals surface area contributed by atoms with Crippen LogP contribution in [0.25, 0.3) is 5.65 Å². The Morgan fingerprint density at radius 2 is 1.77 bits per heavy atom. The monoisotopic (exact) mass is 390 g/mol. The molecule has 1 aromatic carbocycles. The molecular weight excluding hydrogens is 375 g/mol. The maximum Gasteiger partial charge on any atom is 0.227 e. The van der Waals surface area contributed by atoms with Crippen molar-refractivity contribution in [1.82, 2.24) is 24.7 Å². The summed E-state index contributed by atoms with van der Waals surface area (Å²) in [6.45, 7) is 2.68. The normalized spacial score (nSPS) is 14.8. The van der Waals surface area contributed by atoms with E-state index >= 15 is 0 Å². The van der Waals surface area contributed by atoms with E-state index in [-0.39, 0.29) is 12.3 Å². The molecule has 0 saturated carbocycles. The van der Waals surface area contributed by atoms with Gasteiger partial charge in [-0.15, -0.1) is 15.3 Å². The number of piperazine rings is 1. The fourth-order valence-electron chi connectivity index (χ4n) is 3.04. The van der Waals surface area contributed by atoms with Gasteiger partial charge in [-0.2, -0.15) is 4.52 Å². The van der Waals surface area contributed by atoms with Crippen molar-refractivity contribution in [2.45, 2.75) is 6.42 Å². The first-order valence-corrected chi connectivity index (χ1v) is 9.00. The third-order valence-electron chi connectivity index (χ3n) is 4.49. The number of aromatic nitrogens is 4. The highest BCUT2D eigenvalue weighted by atomic mass is 35.5. The van der Waals surface area contributed by atoms with Gasteiger partial charge in [0.2, 0.25) is 5.91 Å². The molecule has 3 heterocycles. The van der Waals surface area contributed by atoms with Crippen molar-refractivity contribution in [3.63, 3.8) is 0 Å². The van der Waals surface area contributed by atoms with Crippen LogP contribution in [0.4, 0.5) is 5.82 Å². The van der Waals surface area contributed by atoms with Crippen LogP contribution in [-0.2, 0) is 11.2 Å². The number of hydrogen-bond acceptors (Lipinski definition) is 5. The zero-order chi connectivity index (χ0) is 18.1. The molecule has 1 amide bonds. The molecule has 0 bridgehead atoms. The summed E-state index contributed by atoms with van der Waals surface area (Å²) in [7, 11) is 0. The standard InChI is InChI=1S/C17H16Cl2N6O/c18-13-2-1-3-14(19)12(13)10-17(26)24-8-6-23(7-9-24)16-5-4-15-21-20-11-25(15)22-16/h1-5,11H,6-10H2. The quantitative estimate of drug-likeness (QED) is 0.686. The summed E-state index contributed by atoms with van der Waals surface area (Å²) >= 11 is 12.3. The van der Waals surface area contributed by atoms with Crippen molar-refractivity contribution >= 4 is 40.6 Å². The summed E-state index contributed by atoms with van der Waals surface area (Å²) in [6, 6.07) is 9.08. The Balaban J connectivity index is 1.40. The van der Waals surface area contributed by atoms with Gasteiger partial charge in [-0.25, -0.2) is 0 Å². The van der Waals surface area contributed by atoms with Gasteiger partial charge in [0.25, 0.3) is 0 Å². The number of hydrogen-bond donors (Lipinski definition) is 0. The van der Waals surface area contributed by atoms with Gasteiger partial charge >= 0.3 is 0 Å². The van der Waals surface area contributed by atoms with Crippen LogP contribution in [0.1, 0.15) is 5.56 Å². The van der Waals surface area contributed by atoms with Crippen molar-refractivity contribution < 1.29 is 4.79 Å². The van der Waals surface area contributed by atoms with Crippen LogP contribution in [0.15, 0.2) is 36.7 Å². The predicted octanol–water partition coefficient (Wildman–Crippen LogP) is 2.32. The van der Waals surface area contributed by atoms with E-state index in [0.717, 1.165) is 5.82 Å². The molecule has 4 rings (SSSR count). The van der Waals surface area contributed by atoms with Crippen LogP contribution in [0.3, 0.4) is 0 Å². The lowest BCUT2D eigenvalue weighted by Crippen LogP contribution is -2.49. The molecule has 3 aromatic rings. The number of amides is 1. The lowest BCUT2D eigenvalue weighted by atomic mass is 10.1. The van der Waals surface area contributed by atoms with E-state index in [1.54, 1.807) is 29.0 Å². The molecule has 0 N–H and O–H groups in total. The highest BCUT2D eigenvalue weighted by molar-refractivity contribution is 6.36. The molecule has 0 atom stereocenters. The number of benzene rings is 1. The van der Waals surface area contributed by atoms with Gasteiger partial charge in [0, 0.05) is 36.2 Å². The highest BCUT2D eigenvalue weighted by Crippen LogP contribution is 2.25. The van der Waals surface area contributed by atoms with Crippen molar-refractivity contribution in [3.8, 4) is 0 Å². The highest BCUT2D eigenvalue weighted by Gasteiger charge is 2.23. The number of nitrogens with zero attached hydrogens (tertiary/aromatic N) is 6. The van der Waals surface area contributed by atoms with E-state index in [1.807, 2.05) is 17.0 Å². The van der Waals surface area contributed by atoms with Crippen molar-refractivity contribution in [1.29, 1.82) is 0 Å². The Morgan fingerprint density at radius 3 is 2.50 bits per heavy atom. The first-order chi connectivity index (χ1) is 12.6. The van der Waals surface area contributed by atoms with E-state index in [0.29, 0.717) is 47.4 Å². The third-order valence-corrected chi connectivity index (χ3v) is 5.20. The molecule has 9 heteroatoms.